The minimum Gasteiger partial charge on any atom is -0.465 e. The van der Waals surface area contributed by atoms with Crippen LogP contribution in [0.4, 0.5) is 0 Å². The van der Waals surface area contributed by atoms with E-state index in [9.17, 15) is 9.59 Å². The second-order valence-electron chi connectivity index (χ2n) is 5.04. The molecule has 2 N–H and O–H groups in total. The van der Waals surface area contributed by atoms with Crippen LogP contribution in [-0.4, -0.2) is 24.9 Å². The molecule has 0 aliphatic heterocycles. The van der Waals surface area contributed by atoms with Gasteiger partial charge in [-0.05, 0) is 48.0 Å². The molecule has 0 saturated carbocycles. The van der Waals surface area contributed by atoms with Crippen LogP contribution in [0.3, 0.4) is 0 Å². The number of nitrogens with one attached hydrogen (secondary N) is 2. The molecule has 24 heavy (non-hydrogen) atoms. The van der Waals surface area contributed by atoms with Crippen LogP contribution >= 0.6 is 39.1 Å². The highest BCUT2D eigenvalue weighted by molar-refractivity contribution is 9.10. The largest absolute Gasteiger partial charge is 0.465 e. The summed E-state index contributed by atoms with van der Waals surface area (Å²) >= 11 is 15.0. The minimum absolute atomic E-state index is 0.264. The Morgan fingerprint density at radius 3 is 2.21 bits per heavy atom. The topological polar surface area (TPSA) is 71.3 Å². The smallest absolute Gasteiger partial charge is 0.256 e. The summed E-state index contributed by atoms with van der Waals surface area (Å²) in [6.45, 7) is 4.05. The number of aryl methyl sites for hydroxylation is 2. The Bertz CT molecular complexity index is 790. The zero-order chi connectivity index (χ0) is 17.9. The van der Waals surface area contributed by atoms with Crippen LogP contribution in [0.25, 0.3) is 0 Å². The van der Waals surface area contributed by atoms with Crippen LogP contribution < -0.4 is 10.6 Å². The van der Waals surface area contributed by atoms with Crippen molar-refractivity contribution in [2.45, 2.75) is 13.8 Å². The zero-order valence-corrected chi connectivity index (χ0v) is 16.1. The molecule has 0 spiro atoms. The number of carbonyl (C=O) groups excluding carboxylic acids is 2. The molecule has 0 atom stereocenters. The Morgan fingerprint density at radius 1 is 1.04 bits per heavy atom. The van der Waals surface area contributed by atoms with Gasteiger partial charge in [-0.1, -0.05) is 23.2 Å². The fourth-order valence-electron chi connectivity index (χ4n) is 2.10. The summed E-state index contributed by atoms with van der Waals surface area (Å²) in [6, 6.07) is 4.63. The minimum atomic E-state index is -0.292. The van der Waals surface area contributed by atoms with Crippen molar-refractivity contribution in [2.75, 3.05) is 13.1 Å². The van der Waals surface area contributed by atoms with Crippen LogP contribution in [-0.2, 0) is 0 Å². The second-order valence-corrected chi connectivity index (χ2v) is 6.65. The molecule has 2 rings (SSSR count). The molecule has 1 heterocycles. The first-order chi connectivity index (χ1) is 11.3. The first-order valence-corrected chi connectivity index (χ1v) is 8.63. The molecule has 1 aromatic carbocycles. The molecule has 0 saturated heterocycles. The van der Waals surface area contributed by atoms with Gasteiger partial charge in [-0.25, -0.2) is 0 Å². The van der Waals surface area contributed by atoms with E-state index in [1.54, 1.807) is 26.0 Å². The van der Waals surface area contributed by atoms with Crippen molar-refractivity contribution in [2.24, 2.45) is 0 Å². The number of benzene rings is 1. The number of rotatable bonds is 5. The van der Waals surface area contributed by atoms with E-state index in [1.165, 1.54) is 6.07 Å². The lowest BCUT2D eigenvalue weighted by atomic mass is 10.2. The van der Waals surface area contributed by atoms with Gasteiger partial charge in [0.25, 0.3) is 11.8 Å². The van der Waals surface area contributed by atoms with Gasteiger partial charge in [-0.2, -0.15) is 0 Å². The number of halogens is 3. The Labute approximate surface area is 157 Å². The molecule has 0 bridgehead atoms. The Morgan fingerprint density at radius 2 is 1.67 bits per heavy atom. The molecule has 0 fully saturated rings. The van der Waals surface area contributed by atoms with Gasteiger partial charge >= 0.3 is 0 Å². The quantitative estimate of drug-likeness (QED) is 0.696. The molecule has 0 radical (unpaired) electrons. The predicted molar refractivity (Wildman–Crippen MR) is 97.0 cm³/mol. The summed E-state index contributed by atoms with van der Waals surface area (Å²) in [5.74, 6) is 0.627. The molecule has 0 aliphatic carbocycles. The van der Waals surface area contributed by atoms with Crippen molar-refractivity contribution in [3.8, 4) is 0 Å². The standard InChI is InChI=1S/C16H15BrCl2N2O3/c1-8-13(14(17)9(2)24-8)16(23)21-6-5-20-15(22)10-3-4-11(18)12(19)7-10/h3-4,7H,5-6H2,1-2H3,(H,20,22)(H,21,23). The fraction of sp³-hybridized carbons (Fsp3) is 0.250. The Kier molecular flexibility index (Phi) is 6.32. The van der Waals surface area contributed by atoms with Gasteiger partial charge < -0.3 is 15.1 Å². The highest BCUT2D eigenvalue weighted by Crippen LogP contribution is 2.27. The number of carbonyl (C=O) groups is 2. The zero-order valence-electron chi connectivity index (χ0n) is 13.0. The van der Waals surface area contributed by atoms with Crippen molar-refractivity contribution >= 4 is 50.9 Å². The third-order valence-corrected chi connectivity index (χ3v) is 4.99. The molecule has 1 aromatic heterocycles. The summed E-state index contributed by atoms with van der Waals surface area (Å²) in [4.78, 5) is 24.1. The number of furan rings is 1. The van der Waals surface area contributed by atoms with E-state index in [0.717, 1.165) is 0 Å². The molecule has 8 heteroatoms. The van der Waals surface area contributed by atoms with Crippen LogP contribution in [0, 0.1) is 13.8 Å². The maximum atomic E-state index is 12.2. The monoisotopic (exact) mass is 432 g/mol. The van der Waals surface area contributed by atoms with Crippen LogP contribution in [0.15, 0.2) is 27.1 Å². The molecule has 5 nitrogen and oxygen atoms in total. The van der Waals surface area contributed by atoms with E-state index >= 15 is 0 Å². The summed E-state index contributed by atoms with van der Waals surface area (Å²) in [6.07, 6.45) is 0. The van der Waals surface area contributed by atoms with Gasteiger partial charge in [0, 0.05) is 18.7 Å². The molecule has 2 aromatic rings. The maximum absolute atomic E-state index is 12.2. The van der Waals surface area contributed by atoms with Crippen molar-refractivity contribution < 1.29 is 14.0 Å². The van der Waals surface area contributed by atoms with Crippen molar-refractivity contribution in [1.29, 1.82) is 0 Å². The summed E-state index contributed by atoms with van der Waals surface area (Å²) in [5.41, 5.74) is 0.864. The number of amides is 2. The van der Waals surface area contributed by atoms with Gasteiger partial charge in [0.2, 0.25) is 0 Å². The SMILES string of the molecule is Cc1oc(C)c(C(=O)NCCNC(=O)c2ccc(Cl)c(Cl)c2)c1Br. The average Bonchev–Trinajstić information content (AvgIpc) is 2.79. The highest BCUT2D eigenvalue weighted by Gasteiger charge is 2.19. The molecule has 2 amide bonds. The number of hydrogen-bond acceptors (Lipinski definition) is 3. The van der Waals surface area contributed by atoms with E-state index < -0.39 is 0 Å². The first kappa shape index (κ1) is 18.8. The van der Waals surface area contributed by atoms with Crippen molar-refractivity contribution in [3.63, 3.8) is 0 Å². The van der Waals surface area contributed by atoms with E-state index in [2.05, 4.69) is 26.6 Å². The lowest BCUT2D eigenvalue weighted by Gasteiger charge is -2.08. The second kappa shape index (κ2) is 8.05. The third kappa shape index (κ3) is 4.32. The van der Waals surface area contributed by atoms with Gasteiger partial charge in [-0.15, -0.1) is 0 Å². The lowest BCUT2D eigenvalue weighted by molar-refractivity contribution is 0.0926. The molecule has 0 unspecified atom stereocenters. The molecular weight excluding hydrogens is 419 g/mol. The summed E-state index contributed by atoms with van der Waals surface area (Å²) < 4.78 is 6.03. The van der Waals surface area contributed by atoms with Crippen LogP contribution in [0.2, 0.25) is 10.0 Å². The third-order valence-electron chi connectivity index (χ3n) is 3.29. The van der Waals surface area contributed by atoms with Crippen molar-refractivity contribution in [1.82, 2.24) is 10.6 Å². The van der Waals surface area contributed by atoms with Gasteiger partial charge in [-0.3, -0.25) is 9.59 Å². The lowest BCUT2D eigenvalue weighted by Crippen LogP contribution is -2.34. The van der Waals surface area contributed by atoms with Crippen LogP contribution in [0.5, 0.6) is 0 Å². The van der Waals surface area contributed by atoms with E-state index in [0.29, 0.717) is 37.2 Å². The first-order valence-electron chi connectivity index (χ1n) is 7.08. The highest BCUT2D eigenvalue weighted by atomic mass is 79.9. The Balaban J connectivity index is 1.85. The van der Waals surface area contributed by atoms with Crippen LogP contribution in [0.1, 0.15) is 32.2 Å². The normalized spacial score (nSPS) is 10.5. The van der Waals surface area contributed by atoms with E-state index in [4.69, 9.17) is 27.6 Å². The maximum Gasteiger partial charge on any atom is 0.256 e. The molecular formula is C16H15BrCl2N2O3. The molecule has 0 aliphatic rings. The van der Waals surface area contributed by atoms with Gasteiger partial charge in [0.15, 0.2) is 0 Å². The predicted octanol–water partition coefficient (Wildman–Crippen LogP) is 4.13. The molecule has 128 valence electrons. The average molecular weight is 434 g/mol. The van der Waals surface area contributed by atoms with E-state index in [-0.39, 0.29) is 24.9 Å². The fourth-order valence-corrected chi connectivity index (χ4v) is 2.93. The summed E-state index contributed by atoms with van der Waals surface area (Å²) in [5, 5.41) is 6.13. The van der Waals surface area contributed by atoms with Crippen molar-refractivity contribution in [3.05, 3.63) is 55.4 Å². The van der Waals surface area contributed by atoms with Gasteiger partial charge in [0.1, 0.15) is 11.5 Å². The van der Waals surface area contributed by atoms with Gasteiger partial charge in [0.05, 0.1) is 20.1 Å². The van der Waals surface area contributed by atoms with E-state index in [1.807, 2.05) is 0 Å². The number of hydrogen-bond donors (Lipinski definition) is 2. The summed E-state index contributed by atoms with van der Waals surface area (Å²) in [7, 11) is 0. The Hall–Kier alpha value is -1.50.